The van der Waals surface area contributed by atoms with Crippen LogP contribution >= 0.6 is 0 Å². The second-order valence-corrected chi connectivity index (χ2v) is 5.99. The Morgan fingerprint density at radius 3 is 2.43 bits per heavy atom. The zero-order valence-corrected chi connectivity index (χ0v) is 13.0. The molecule has 116 valence electrons. The summed E-state index contributed by atoms with van der Waals surface area (Å²) in [5.74, 6) is 0.612. The largest absolute Gasteiger partial charge is 0.446 e. The van der Waals surface area contributed by atoms with Crippen LogP contribution in [0, 0.1) is 0 Å². The number of primary amides is 1. The first-order chi connectivity index (χ1) is 10.1. The van der Waals surface area contributed by atoms with Gasteiger partial charge in [-0.3, -0.25) is 0 Å². The summed E-state index contributed by atoms with van der Waals surface area (Å²) in [6.07, 6.45) is 4.27. The van der Waals surface area contributed by atoms with E-state index in [0.717, 1.165) is 32.1 Å². The fourth-order valence-electron chi connectivity index (χ4n) is 2.87. The standard InChI is InChI=1S/C17H26N2O2/c1-3-12(2)13-4-6-14(7-5-13)19-15-8-10-16(11-9-15)21-17(18)20/h4-7,12,15-16,19H,3,8-11H2,1-2H3,(H2,18,20). The maximum absolute atomic E-state index is 10.7. The number of nitrogens with one attached hydrogen (secondary N) is 1. The van der Waals surface area contributed by atoms with Crippen LogP contribution in [-0.2, 0) is 4.74 Å². The van der Waals surface area contributed by atoms with Gasteiger partial charge in [-0.25, -0.2) is 4.79 Å². The van der Waals surface area contributed by atoms with Crippen LogP contribution in [0.3, 0.4) is 0 Å². The van der Waals surface area contributed by atoms with E-state index in [1.165, 1.54) is 11.3 Å². The summed E-state index contributed by atoms with van der Waals surface area (Å²) in [6.45, 7) is 4.46. The Morgan fingerprint density at radius 1 is 1.29 bits per heavy atom. The third-order valence-corrected chi connectivity index (χ3v) is 4.42. The van der Waals surface area contributed by atoms with Gasteiger partial charge < -0.3 is 15.8 Å². The number of rotatable bonds is 5. The van der Waals surface area contributed by atoms with Crippen LogP contribution in [0.25, 0.3) is 0 Å². The van der Waals surface area contributed by atoms with E-state index in [1.807, 2.05) is 0 Å². The zero-order valence-electron chi connectivity index (χ0n) is 13.0. The lowest BCUT2D eigenvalue weighted by atomic mass is 9.92. The van der Waals surface area contributed by atoms with E-state index in [1.54, 1.807) is 0 Å². The zero-order chi connectivity index (χ0) is 15.2. The minimum absolute atomic E-state index is 0.00618. The molecule has 1 unspecified atom stereocenters. The SMILES string of the molecule is CCC(C)c1ccc(NC2CCC(OC(N)=O)CC2)cc1. The topological polar surface area (TPSA) is 64.3 Å². The smallest absolute Gasteiger partial charge is 0.404 e. The first-order valence-corrected chi connectivity index (χ1v) is 7.91. The predicted molar refractivity (Wildman–Crippen MR) is 85.5 cm³/mol. The molecule has 2 rings (SSSR count). The second kappa shape index (κ2) is 7.34. The van der Waals surface area contributed by atoms with Crippen LogP contribution in [0.5, 0.6) is 0 Å². The molecule has 4 heteroatoms. The molecule has 3 N–H and O–H groups in total. The Kier molecular flexibility index (Phi) is 5.48. The van der Waals surface area contributed by atoms with E-state index in [4.69, 9.17) is 10.5 Å². The molecule has 0 heterocycles. The van der Waals surface area contributed by atoms with Crippen LogP contribution < -0.4 is 11.1 Å². The fraction of sp³-hybridized carbons (Fsp3) is 0.588. The highest BCUT2D eigenvalue weighted by Crippen LogP contribution is 2.25. The van der Waals surface area contributed by atoms with Gasteiger partial charge in [-0.15, -0.1) is 0 Å². The molecule has 1 aromatic rings. The summed E-state index contributed by atoms with van der Waals surface area (Å²) in [5, 5.41) is 3.57. The summed E-state index contributed by atoms with van der Waals surface area (Å²) >= 11 is 0. The third kappa shape index (κ3) is 4.66. The van der Waals surface area contributed by atoms with Crippen molar-refractivity contribution in [1.29, 1.82) is 0 Å². The number of hydrogen-bond acceptors (Lipinski definition) is 3. The van der Waals surface area contributed by atoms with E-state index >= 15 is 0 Å². The minimum atomic E-state index is -0.660. The summed E-state index contributed by atoms with van der Waals surface area (Å²) < 4.78 is 5.06. The molecule has 1 saturated carbocycles. The first kappa shape index (κ1) is 15.7. The van der Waals surface area contributed by atoms with Crippen LogP contribution in [0.1, 0.15) is 57.4 Å². The van der Waals surface area contributed by atoms with Gasteiger partial charge in [0, 0.05) is 11.7 Å². The van der Waals surface area contributed by atoms with E-state index in [0.29, 0.717) is 12.0 Å². The molecular formula is C17H26N2O2. The van der Waals surface area contributed by atoms with Gasteiger partial charge in [-0.05, 0) is 55.7 Å². The van der Waals surface area contributed by atoms with E-state index in [9.17, 15) is 4.79 Å². The van der Waals surface area contributed by atoms with Crippen molar-refractivity contribution in [1.82, 2.24) is 0 Å². The van der Waals surface area contributed by atoms with Crippen molar-refractivity contribution in [2.24, 2.45) is 5.73 Å². The maximum Gasteiger partial charge on any atom is 0.404 e. The molecule has 0 bridgehead atoms. The molecule has 21 heavy (non-hydrogen) atoms. The molecular weight excluding hydrogens is 264 g/mol. The van der Waals surface area contributed by atoms with Crippen LogP contribution in [0.2, 0.25) is 0 Å². The van der Waals surface area contributed by atoms with Crippen molar-refractivity contribution in [2.75, 3.05) is 5.32 Å². The second-order valence-electron chi connectivity index (χ2n) is 5.99. The number of amides is 1. The van der Waals surface area contributed by atoms with Crippen molar-refractivity contribution in [3.8, 4) is 0 Å². The van der Waals surface area contributed by atoms with Gasteiger partial charge in [-0.1, -0.05) is 26.0 Å². The minimum Gasteiger partial charge on any atom is -0.446 e. The Labute approximate surface area is 127 Å². The molecule has 1 fully saturated rings. The van der Waals surface area contributed by atoms with Gasteiger partial charge in [-0.2, -0.15) is 0 Å². The highest BCUT2D eigenvalue weighted by atomic mass is 16.6. The van der Waals surface area contributed by atoms with Gasteiger partial charge in [0.05, 0.1) is 0 Å². The monoisotopic (exact) mass is 290 g/mol. The lowest BCUT2D eigenvalue weighted by Crippen LogP contribution is -2.32. The molecule has 0 spiro atoms. The number of ether oxygens (including phenoxy) is 1. The van der Waals surface area contributed by atoms with Gasteiger partial charge in [0.2, 0.25) is 0 Å². The summed E-state index contributed by atoms with van der Waals surface area (Å²) in [7, 11) is 0. The lowest BCUT2D eigenvalue weighted by molar-refractivity contribution is 0.0806. The number of anilines is 1. The van der Waals surface area contributed by atoms with Crippen molar-refractivity contribution < 1.29 is 9.53 Å². The van der Waals surface area contributed by atoms with Gasteiger partial charge >= 0.3 is 6.09 Å². The molecule has 1 aliphatic carbocycles. The number of hydrogen-bond donors (Lipinski definition) is 2. The highest BCUT2D eigenvalue weighted by molar-refractivity contribution is 5.64. The van der Waals surface area contributed by atoms with Crippen LogP contribution in [0.15, 0.2) is 24.3 Å². The number of nitrogens with two attached hydrogens (primary N) is 1. The molecule has 0 aliphatic heterocycles. The predicted octanol–water partition coefficient (Wildman–Crippen LogP) is 4.02. The average molecular weight is 290 g/mol. The van der Waals surface area contributed by atoms with Gasteiger partial charge in [0.1, 0.15) is 6.10 Å². The quantitative estimate of drug-likeness (QED) is 0.861. The van der Waals surface area contributed by atoms with E-state index in [-0.39, 0.29) is 6.10 Å². The highest BCUT2D eigenvalue weighted by Gasteiger charge is 2.23. The lowest BCUT2D eigenvalue weighted by Gasteiger charge is -2.29. The Hall–Kier alpha value is -1.71. The van der Waals surface area contributed by atoms with Gasteiger partial charge in [0.15, 0.2) is 0 Å². The molecule has 4 nitrogen and oxygen atoms in total. The summed E-state index contributed by atoms with van der Waals surface area (Å²) in [5.41, 5.74) is 7.61. The normalized spacial score (nSPS) is 23.3. The van der Waals surface area contributed by atoms with Crippen molar-refractivity contribution in [3.63, 3.8) is 0 Å². The molecule has 0 aromatic heterocycles. The third-order valence-electron chi connectivity index (χ3n) is 4.42. The molecule has 1 aliphatic rings. The Bertz CT molecular complexity index is 450. The number of carbonyl (C=O) groups excluding carboxylic acids is 1. The van der Waals surface area contributed by atoms with Gasteiger partial charge in [0.25, 0.3) is 0 Å². The molecule has 1 atom stereocenters. The molecule has 1 aromatic carbocycles. The maximum atomic E-state index is 10.7. The van der Waals surface area contributed by atoms with Crippen molar-refractivity contribution in [2.45, 2.75) is 64.0 Å². The van der Waals surface area contributed by atoms with Crippen LogP contribution in [-0.4, -0.2) is 18.2 Å². The number of carbonyl (C=O) groups is 1. The number of benzene rings is 1. The molecule has 0 saturated heterocycles. The summed E-state index contributed by atoms with van der Waals surface area (Å²) in [6, 6.07) is 9.18. The molecule has 0 radical (unpaired) electrons. The van der Waals surface area contributed by atoms with E-state index in [2.05, 4.69) is 43.4 Å². The summed E-state index contributed by atoms with van der Waals surface area (Å²) in [4.78, 5) is 10.7. The van der Waals surface area contributed by atoms with E-state index < -0.39 is 6.09 Å². The first-order valence-electron chi connectivity index (χ1n) is 7.91. The van der Waals surface area contributed by atoms with Crippen molar-refractivity contribution in [3.05, 3.63) is 29.8 Å². The van der Waals surface area contributed by atoms with Crippen molar-refractivity contribution >= 4 is 11.8 Å². The average Bonchev–Trinajstić information content (AvgIpc) is 2.49. The Morgan fingerprint density at radius 2 is 1.90 bits per heavy atom. The van der Waals surface area contributed by atoms with Crippen LogP contribution in [0.4, 0.5) is 10.5 Å². The molecule has 1 amide bonds. The Balaban J connectivity index is 1.82. The fourth-order valence-corrected chi connectivity index (χ4v) is 2.87.